The maximum Gasteiger partial charge on any atom is 0.338 e. The molecular weight excluding hydrogens is 1560 g/mol. The lowest BCUT2D eigenvalue weighted by Gasteiger charge is -2.42. The summed E-state index contributed by atoms with van der Waals surface area (Å²) < 4.78 is 75.0. The minimum absolute atomic E-state index is 0.0393. The van der Waals surface area contributed by atoms with Crippen molar-refractivity contribution in [3.8, 4) is 28.7 Å². The van der Waals surface area contributed by atoms with E-state index in [2.05, 4.69) is 43.1 Å². The number of para-hydroxylation sites is 1. The van der Waals surface area contributed by atoms with Crippen molar-refractivity contribution >= 4 is 48.7 Å². The lowest BCUT2D eigenvalue weighted by atomic mass is 9.77. The van der Waals surface area contributed by atoms with Gasteiger partial charge in [-0.25, -0.2) is 24.0 Å². The number of phenolic OH excluding ortho intramolecular Hbond substituents is 1. The van der Waals surface area contributed by atoms with Gasteiger partial charge < -0.3 is 112 Å². The fourth-order valence-electron chi connectivity index (χ4n) is 12.1. The monoisotopic (exact) mass is 1680 g/mol. The van der Waals surface area contributed by atoms with Gasteiger partial charge in [0, 0.05) is 19.1 Å². The maximum atomic E-state index is 12.5. The molecule has 5 aliphatic heterocycles. The summed E-state index contributed by atoms with van der Waals surface area (Å²) in [6.07, 6.45) is -8.19. The van der Waals surface area contributed by atoms with Crippen LogP contribution in [-0.4, -0.2) is 232 Å². The molecule has 31 heteroatoms. The highest BCUT2D eigenvalue weighted by Gasteiger charge is 2.49. The highest BCUT2D eigenvalue weighted by Crippen LogP contribution is 2.39. The standard InChI is InChI=1S/C31H38O8.C19H20O5.C13H16O7.C13H22O3.C9H14O7.C4H8O/c1-8-15-35-29(34)27-20(3)19(2)21(4)30(38-27)37-26-14-13-25(16-24(26)17-32)36-18-22-9-11-23(12-10-22)28(33)39-31(5,6)7;1-19(2,3)24-18(22)14-6-4-13(5-7-14)12-23-16-8-9-17(21)15(10-16)11-20;14-5-7-3-1-2-4-8(7)19-13-12(18)11(17)10(16)9(6-15)20-13;1-6-7-15-13(14)12-10(4)8(2)9(3)11(5)16-12;1-2-3-15-9(14)7-5(11)4(10)6(12)8(13)16-7;1-2-4-5-3-1/h8-14,16-17,19-21,27,30H,1,15,18H2,2-7H3;4-11,21H,12H2,1-3H3;1-5,9-13,15-18H,6H2;6,8-12H,1,7H2,2-5H3;2,4-8,10-13H,1,3H2;1-4H2/t19-,20-,21?,27?,30+;;9?,10-,11+,12?,13-;8-,9?,10+,11-,12?;4-,5-,6?,7?,8?;/m0.110./s1. The summed E-state index contributed by atoms with van der Waals surface area (Å²) in [4.78, 5) is 93.3. The van der Waals surface area contributed by atoms with Crippen LogP contribution in [-0.2, 0) is 75.0 Å². The molecule has 0 aliphatic carbocycles. The van der Waals surface area contributed by atoms with Gasteiger partial charge in [-0.15, -0.1) is 0 Å². The first-order chi connectivity index (χ1) is 56.8. The smallest absolute Gasteiger partial charge is 0.338 e. The number of hydrogen-bond donors (Lipinski definition) is 9. The number of phenols is 1. The number of aldehydes is 3. The Morgan fingerprint density at radius 2 is 0.883 bits per heavy atom. The molecule has 0 bridgehead atoms. The highest BCUT2D eigenvalue weighted by atomic mass is 16.7. The summed E-state index contributed by atoms with van der Waals surface area (Å²) in [5, 5.41) is 84.6. The van der Waals surface area contributed by atoms with E-state index in [9.17, 15) is 69.0 Å². The van der Waals surface area contributed by atoms with E-state index in [1.165, 1.54) is 49.3 Å². The molecule has 31 nitrogen and oxygen atoms in total. The van der Waals surface area contributed by atoms with Crippen molar-refractivity contribution in [2.24, 2.45) is 35.5 Å². The van der Waals surface area contributed by atoms with Gasteiger partial charge in [-0.3, -0.25) is 14.4 Å². The van der Waals surface area contributed by atoms with Crippen LogP contribution in [0.5, 0.6) is 28.7 Å². The van der Waals surface area contributed by atoms with E-state index in [0.29, 0.717) is 64.6 Å². The first kappa shape index (κ1) is 101. The summed E-state index contributed by atoms with van der Waals surface area (Å²) in [7, 11) is 0. The van der Waals surface area contributed by atoms with Gasteiger partial charge in [-0.1, -0.05) is 116 Å². The molecule has 0 aromatic heterocycles. The van der Waals surface area contributed by atoms with Gasteiger partial charge in [0.15, 0.2) is 43.5 Å². The van der Waals surface area contributed by atoms with Crippen LogP contribution in [0.25, 0.3) is 0 Å². The molecule has 5 aliphatic rings. The normalized spacial score (nSPS) is 26.7. The molecule has 660 valence electrons. The number of aliphatic hydroxyl groups excluding tert-OH is 8. The maximum absolute atomic E-state index is 12.5. The van der Waals surface area contributed by atoms with E-state index in [4.69, 9.17) is 72.2 Å². The summed E-state index contributed by atoms with van der Waals surface area (Å²) in [6, 6.07) is 29.6. The van der Waals surface area contributed by atoms with Crippen molar-refractivity contribution in [1.82, 2.24) is 0 Å². The Balaban J connectivity index is 0.000000274. The molecule has 5 fully saturated rings. The SMILES string of the molecule is C1CCOC1.C=CCOC(=O)C1OC(O)C(O)[C@@H](O)[C@@H]1O.C=CCOC(=O)C1O[C@@H](Oc2ccc(OCc3ccc(C(=O)OC(C)(C)C)cc3)cc2C=O)C(C)[C@@H](C)[C@@H]1C.C=CCOC(=O)C1O[C@H](C)C(C)[C@@H](C)[C@@H]1C.CC(C)(C)OC(=O)c1ccc(COc2ccc(O)c(C=O)c2)cc1.O=Cc1ccccc1O[C@@H]1OC(CO)[C@@H](O)[C@H](O)C1O. The number of carbonyl (C=O) groups excluding carboxylic acids is 8. The van der Waals surface area contributed by atoms with E-state index in [-0.39, 0.29) is 103 Å². The van der Waals surface area contributed by atoms with E-state index in [0.717, 1.165) is 24.3 Å². The van der Waals surface area contributed by atoms with Gasteiger partial charge >= 0.3 is 29.8 Å². The van der Waals surface area contributed by atoms with E-state index in [1.807, 2.05) is 76.2 Å². The number of hydrogen-bond acceptors (Lipinski definition) is 31. The Morgan fingerprint density at radius 3 is 1.34 bits per heavy atom. The van der Waals surface area contributed by atoms with Crippen molar-refractivity contribution in [3.63, 3.8) is 0 Å². The lowest BCUT2D eigenvalue weighted by Crippen LogP contribution is -2.60. The van der Waals surface area contributed by atoms with Gasteiger partial charge in [0.25, 0.3) is 0 Å². The number of aliphatic hydroxyl groups is 8. The predicted molar refractivity (Wildman–Crippen MR) is 434 cm³/mol. The molecule has 120 heavy (non-hydrogen) atoms. The quantitative estimate of drug-likeness (QED) is 0.0114. The molecule has 5 heterocycles. The zero-order chi connectivity index (χ0) is 89.3. The average molecular weight is 1680 g/mol. The molecule has 9 unspecified atom stereocenters. The van der Waals surface area contributed by atoms with Gasteiger partial charge in [-0.2, -0.15) is 0 Å². The zero-order valence-corrected chi connectivity index (χ0v) is 70.1. The van der Waals surface area contributed by atoms with Crippen molar-refractivity contribution in [2.75, 3.05) is 39.6 Å². The van der Waals surface area contributed by atoms with Gasteiger partial charge in [0.05, 0.1) is 40.5 Å². The molecule has 20 atom stereocenters. The van der Waals surface area contributed by atoms with Crippen molar-refractivity contribution < 1.29 is 151 Å². The third-order valence-corrected chi connectivity index (χ3v) is 19.8. The van der Waals surface area contributed by atoms with Crippen molar-refractivity contribution in [1.29, 1.82) is 0 Å². The van der Waals surface area contributed by atoms with Gasteiger partial charge in [0.2, 0.25) is 12.6 Å². The Labute approximate surface area is 699 Å². The van der Waals surface area contributed by atoms with Crippen molar-refractivity contribution in [2.45, 2.75) is 213 Å². The summed E-state index contributed by atoms with van der Waals surface area (Å²) in [5.41, 5.74) is 2.26. The molecule has 0 radical (unpaired) electrons. The highest BCUT2D eigenvalue weighted by molar-refractivity contribution is 5.90. The second-order valence-electron chi connectivity index (χ2n) is 31.1. The van der Waals surface area contributed by atoms with Crippen LogP contribution in [0.4, 0.5) is 0 Å². The molecule has 10 rings (SSSR count). The molecule has 5 saturated heterocycles. The van der Waals surface area contributed by atoms with Crippen LogP contribution < -0.4 is 18.9 Å². The Kier molecular flexibility index (Phi) is 41.3. The Morgan fingerprint density at radius 1 is 0.450 bits per heavy atom. The fraction of sp³-hybridized carbons (Fsp3) is 0.506. The summed E-state index contributed by atoms with van der Waals surface area (Å²) in [6.45, 7) is 37.9. The number of ether oxygens (including phenoxy) is 14. The molecule has 5 aromatic rings. The Bertz CT molecular complexity index is 4010. The van der Waals surface area contributed by atoms with E-state index in [1.54, 1.807) is 91.0 Å². The van der Waals surface area contributed by atoms with Crippen LogP contribution in [0, 0.1) is 35.5 Å². The Hall–Kier alpha value is -9.84. The number of aromatic hydroxyl groups is 1. The lowest BCUT2D eigenvalue weighted by molar-refractivity contribution is -0.280. The number of rotatable bonds is 25. The third-order valence-electron chi connectivity index (χ3n) is 19.8. The molecule has 9 N–H and O–H groups in total. The van der Waals surface area contributed by atoms with E-state index >= 15 is 0 Å². The first-order valence-corrected chi connectivity index (χ1v) is 39.3. The minimum Gasteiger partial charge on any atom is -0.507 e. The fourth-order valence-corrected chi connectivity index (χ4v) is 12.1. The number of carbonyl (C=O) groups is 8. The molecule has 0 spiro atoms. The second kappa shape index (κ2) is 49.2. The molecular formula is C89H118O31. The van der Waals surface area contributed by atoms with Crippen LogP contribution in [0.2, 0.25) is 0 Å². The zero-order valence-electron chi connectivity index (χ0n) is 70.1. The third kappa shape index (κ3) is 31.0. The second-order valence-corrected chi connectivity index (χ2v) is 31.1. The van der Waals surface area contributed by atoms with Crippen LogP contribution in [0.1, 0.15) is 166 Å². The van der Waals surface area contributed by atoms with Crippen LogP contribution >= 0.6 is 0 Å². The summed E-state index contributed by atoms with van der Waals surface area (Å²) in [5.74, 6) is 0.0633. The van der Waals surface area contributed by atoms with Crippen LogP contribution in [0.3, 0.4) is 0 Å². The topological polar surface area (TPSA) is 448 Å². The molecule has 0 saturated carbocycles. The number of esters is 5. The first-order valence-electron chi connectivity index (χ1n) is 39.3. The van der Waals surface area contributed by atoms with Crippen LogP contribution in [0.15, 0.2) is 147 Å². The van der Waals surface area contributed by atoms with Gasteiger partial charge in [-0.05, 0) is 175 Å². The molecule has 0 amide bonds. The minimum atomic E-state index is -1.75. The van der Waals surface area contributed by atoms with E-state index < -0.39 is 110 Å². The van der Waals surface area contributed by atoms with Gasteiger partial charge in [0.1, 0.15) is 116 Å². The molecule has 5 aromatic carbocycles. The average Bonchev–Trinajstić information content (AvgIpc) is 0.829. The summed E-state index contributed by atoms with van der Waals surface area (Å²) >= 11 is 0. The van der Waals surface area contributed by atoms with Crippen molar-refractivity contribution in [3.05, 3.63) is 186 Å². The number of benzene rings is 5. The predicted octanol–water partition coefficient (Wildman–Crippen LogP) is 8.91. The largest absolute Gasteiger partial charge is 0.507 e.